The summed E-state index contributed by atoms with van der Waals surface area (Å²) in [6.45, 7) is 8.15. The first-order valence-electron chi connectivity index (χ1n) is 20.6. The van der Waals surface area contributed by atoms with Crippen molar-refractivity contribution >= 4 is 40.4 Å². The molecule has 59 heavy (non-hydrogen) atoms. The van der Waals surface area contributed by atoms with Gasteiger partial charge >= 0.3 is 0 Å². The molecule has 1 atom stereocenters. The number of morpholine rings is 1. The second-order valence-corrected chi connectivity index (χ2v) is 15.8. The van der Waals surface area contributed by atoms with Crippen LogP contribution >= 0.6 is 0 Å². The number of piperazine rings is 1. The third kappa shape index (κ3) is 8.35. The molecule has 2 aromatic carbocycles. The second kappa shape index (κ2) is 16.9. The van der Waals surface area contributed by atoms with Gasteiger partial charge in [0.25, 0.3) is 0 Å². The van der Waals surface area contributed by atoms with Gasteiger partial charge in [-0.2, -0.15) is 10.4 Å². The van der Waals surface area contributed by atoms with E-state index in [0.29, 0.717) is 57.2 Å². The summed E-state index contributed by atoms with van der Waals surface area (Å²) in [4.78, 5) is 50.6. The fourth-order valence-electron chi connectivity index (χ4n) is 8.78. The van der Waals surface area contributed by atoms with Crippen molar-refractivity contribution in [2.75, 3.05) is 87.2 Å². The van der Waals surface area contributed by atoms with Crippen molar-refractivity contribution in [3.8, 4) is 28.3 Å². The van der Waals surface area contributed by atoms with E-state index in [1.807, 2.05) is 35.5 Å². The molecule has 0 bridgehead atoms. The Labute approximate surface area is 343 Å². The van der Waals surface area contributed by atoms with Crippen LogP contribution < -0.4 is 20.4 Å². The highest BCUT2D eigenvalue weighted by Crippen LogP contribution is 2.34. The molecular formula is C45H48N10O4. The fourth-order valence-corrected chi connectivity index (χ4v) is 8.78. The zero-order valence-electron chi connectivity index (χ0n) is 33.1. The Balaban J connectivity index is 0.775. The van der Waals surface area contributed by atoms with E-state index in [1.165, 1.54) is 5.56 Å². The number of hydrogen-bond donors (Lipinski definition) is 2. The van der Waals surface area contributed by atoms with Gasteiger partial charge in [-0.3, -0.25) is 24.6 Å². The molecule has 0 aliphatic carbocycles. The van der Waals surface area contributed by atoms with Gasteiger partial charge in [-0.05, 0) is 91.9 Å². The average molecular weight is 793 g/mol. The molecule has 1 unspecified atom stereocenters. The monoisotopic (exact) mass is 792 g/mol. The lowest BCUT2D eigenvalue weighted by Crippen LogP contribution is -2.51. The van der Waals surface area contributed by atoms with Crippen molar-refractivity contribution in [1.82, 2.24) is 29.7 Å². The van der Waals surface area contributed by atoms with Crippen LogP contribution in [0.15, 0.2) is 85.3 Å². The maximum Gasteiger partial charge on any atom is 0.249 e. The zero-order chi connectivity index (χ0) is 40.3. The van der Waals surface area contributed by atoms with Crippen LogP contribution in [0.1, 0.15) is 42.7 Å². The van der Waals surface area contributed by atoms with Crippen LogP contribution in [0.4, 0.5) is 17.2 Å². The third-order valence-electron chi connectivity index (χ3n) is 12.2. The second-order valence-electron chi connectivity index (χ2n) is 15.8. The Morgan fingerprint density at radius 2 is 1.58 bits per heavy atom. The van der Waals surface area contributed by atoms with Gasteiger partial charge in [-0.15, -0.1) is 0 Å². The Hall–Kier alpha value is -6.30. The number of hydrogen-bond acceptors (Lipinski definition) is 11. The minimum absolute atomic E-state index is 0.192. The number of fused-ring (bicyclic) bond motifs is 1. The van der Waals surface area contributed by atoms with Crippen molar-refractivity contribution in [2.24, 2.45) is 0 Å². The van der Waals surface area contributed by atoms with E-state index in [0.717, 1.165) is 97.1 Å². The number of nitrogens with zero attached hydrogens (tertiary/aromatic N) is 8. The lowest BCUT2D eigenvalue weighted by molar-refractivity contribution is -0.134. The number of nitriles is 1. The predicted octanol–water partition coefficient (Wildman–Crippen LogP) is 4.52. The first-order valence-corrected chi connectivity index (χ1v) is 20.6. The Bertz CT molecular complexity index is 2350. The first kappa shape index (κ1) is 38.2. The van der Waals surface area contributed by atoms with Crippen LogP contribution in [-0.2, 0) is 19.1 Å². The van der Waals surface area contributed by atoms with Gasteiger partial charge in [0, 0.05) is 86.1 Å². The van der Waals surface area contributed by atoms with E-state index >= 15 is 0 Å². The maximum atomic E-state index is 13.4. The number of aromatic nitrogens is 3. The number of ether oxygens (including phenoxy) is 1. The molecule has 4 fully saturated rings. The summed E-state index contributed by atoms with van der Waals surface area (Å²) in [5, 5.41) is 20.1. The van der Waals surface area contributed by atoms with Gasteiger partial charge in [0.15, 0.2) is 0 Å². The van der Waals surface area contributed by atoms with Gasteiger partial charge in [0.2, 0.25) is 17.7 Å². The van der Waals surface area contributed by atoms with Crippen LogP contribution in [0.5, 0.6) is 0 Å². The van der Waals surface area contributed by atoms with Crippen LogP contribution in [0.2, 0.25) is 0 Å². The maximum absolute atomic E-state index is 13.4. The van der Waals surface area contributed by atoms with Crippen molar-refractivity contribution in [3.63, 3.8) is 0 Å². The number of piperidine rings is 2. The molecule has 0 saturated carbocycles. The topological polar surface area (TPSA) is 151 Å². The van der Waals surface area contributed by atoms with E-state index in [9.17, 15) is 19.6 Å². The number of likely N-dealkylation sites (tertiary alicyclic amines) is 1. The van der Waals surface area contributed by atoms with Gasteiger partial charge in [-0.1, -0.05) is 24.3 Å². The molecule has 3 amide bonds. The molecule has 14 heteroatoms. The van der Waals surface area contributed by atoms with Crippen molar-refractivity contribution in [2.45, 2.75) is 37.6 Å². The standard InChI is InChI=1S/C45H48N10O4/c46-26-36-28-48-55-29-35(25-39(44(36)55)34-5-11-41(47-27-34)53-21-23-59-24-22-53)32-3-8-38(9-4-32)52-17-19-54(20-18-52)43(57)30-51-15-13-33(14-16-51)31-1-6-37(7-2-31)49-40-10-12-42(56)50-45(40)58/h1-9,11,25,27-29,33,40,49H,10,12-24,30H2,(H,50,56,58). The number of pyridine rings is 2. The predicted molar refractivity (Wildman–Crippen MR) is 225 cm³/mol. The molecule has 0 radical (unpaired) electrons. The molecule has 2 N–H and O–H groups in total. The van der Waals surface area contributed by atoms with Crippen LogP contribution in [0, 0.1) is 11.3 Å². The third-order valence-corrected chi connectivity index (χ3v) is 12.2. The highest BCUT2D eigenvalue weighted by atomic mass is 16.5. The van der Waals surface area contributed by atoms with E-state index in [-0.39, 0.29) is 17.7 Å². The summed E-state index contributed by atoms with van der Waals surface area (Å²) in [6.07, 6.45) is 8.30. The van der Waals surface area contributed by atoms with E-state index in [2.05, 4.69) is 85.0 Å². The molecule has 7 heterocycles. The SMILES string of the molecule is N#Cc1cnn2cc(-c3ccc(N4CCN(C(=O)CN5CCC(c6ccc(NC7CCC(=O)NC7=O)cc6)CC5)CC4)cc3)cc(-c3ccc(N4CCOCC4)nc3)c12. The lowest BCUT2D eigenvalue weighted by Gasteiger charge is -2.38. The number of carbonyl (C=O) groups excluding carboxylic acids is 3. The number of imide groups is 1. The minimum atomic E-state index is -0.393. The van der Waals surface area contributed by atoms with Gasteiger partial charge in [0.05, 0.1) is 37.0 Å². The molecule has 3 aromatic heterocycles. The molecule has 14 nitrogen and oxygen atoms in total. The normalized spacial score (nSPS) is 19.4. The Kier molecular flexibility index (Phi) is 10.9. The van der Waals surface area contributed by atoms with E-state index < -0.39 is 6.04 Å². The smallest absolute Gasteiger partial charge is 0.249 e. The van der Waals surface area contributed by atoms with Crippen LogP contribution in [0.3, 0.4) is 0 Å². The lowest BCUT2D eigenvalue weighted by atomic mass is 9.89. The highest BCUT2D eigenvalue weighted by molar-refractivity contribution is 6.01. The molecule has 0 spiro atoms. The Morgan fingerprint density at radius 3 is 2.27 bits per heavy atom. The number of nitrogens with one attached hydrogen (secondary N) is 2. The van der Waals surface area contributed by atoms with Gasteiger partial charge < -0.3 is 24.8 Å². The van der Waals surface area contributed by atoms with Crippen LogP contribution in [0.25, 0.3) is 27.8 Å². The summed E-state index contributed by atoms with van der Waals surface area (Å²) in [5.41, 5.74) is 8.40. The molecule has 4 aliphatic rings. The number of benzene rings is 2. The highest BCUT2D eigenvalue weighted by Gasteiger charge is 2.28. The van der Waals surface area contributed by atoms with Gasteiger partial charge in [-0.25, -0.2) is 9.50 Å². The van der Waals surface area contributed by atoms with Crippen LogP contribution in [-0.4, -0.2) is 120 Å². The molecule has 4 saturated heterocycles. The Morgan fingerprint density at radius 1 is 0.831 bits per heavy atom. The van der Waals surface area contributed by atoms with Crippen molar-refractivity contribution in [3.05, 3.63) is 96.4 Å². The number of amides is 3. The van der Waals surface area contributed by atoms with Crippen molar-refractivity contribution < 1.29 is 19.1 Å². The largest absolute Gasteiger partial charge is 0.378 e. The first-order chi connectivity index (χ1) is 28.9. The number of carbonyl (C=O) groups is 3. The zero-order valence-corrected chi connectivity index (χ0v) is 33.1. The summed E-state index contributed by atoms with van der Waals surface area (Å²) < 4.78 is 7.29. The van der Waals surface area contributed by atoms with E-state index in [1.54, 1.807) is 10.7 Å². The molecule has 4 aliphatic heterocycles. The quantitative estimate of drug-likeness (QED) is 0.203. The summed E-state index contributed by atoms with van der Waals surface area (Å²) >= 11 is 0. The molecule has 9 rings (SSSR count). The van der Waals surface area contributed by atoms with Gasteiger partial charge in [0.1, 0.15) is 17.9 Å². The van der Waals surface area contributed by atoms with E-state index in [4.69, 9.17) is 9.72 Å². The minimum Gasteiger partial charge on any atom is -0.378 e. The molecule has 5 aromatic rings. The fraction of sp³-hybridized carbons (Fsp3) is 0.378. The molecule has 302 valence electrons. The number of anilines is 3. The number of rotatable bonds is 9. The summed E-state index contributed by atoms with van der Waals surface area (Å²) in [6, 6.07) is 24.9. The average Bonchev–Trinajstić information content (AvgIpc) is 3.71. The summed E-state index contributed by atoms with van der Waals surface area (Å²) in [7, 11) is 0. The summed E-state index contributed by atoms with van der Waals surface area (Å²) in [5.74, 6) is 1.06. The van der Waals surface area contributed by atoms with Crippen molar-refractivity contribution in [1.29, 1.82) is 5.26 Å². The molecular weight excluding hydrogens is 745 g/mol.